The van der Waals surface area contributed by atoms with E-state index in [-0.39, 0.29) is 0 Å². The lowest BCUT2D eigenvalue weighted by Gasteiger charge is -2.36. The Balaban J connectivity index is 2.57. The molecule has 4 nitrogen and oxygen atoms in total. The zero-order chi connectivity index (χ0) is 15.0. The minimum Gasteiger partial charge on any atom is -0.357 e. The number of nitrogens with one attached hydrogen (secondary N) is 1. The summed E-state index contributed by atoms with van der Waals surface area (Å²) in [5.41, 5.74) is 0. The van der Waals surface area contributed by atoms with E-state index in [0.717, 1.165) is 56.4 Å². The van der Waals surface area contributed by atoms with Crippen molar-refractivity contribution in [1.29, 1.82) is 0 Å². The van der Waals surface area contributed by atoms with Gasteiger partial charge in [0.15, 0.2) is 5.96 Å². The van der Waals surface area contributed by atoms with Gasteiger partial charge in [0.05, 0.1) is 6.54 Å². The van der Waals surface area contributed by atoms with E-state index in [1.807, 2.05) is 0 Å². The molecule has 0 aromatic heterocycles. The number of hydrogen-bond acceptors (Lipinski definition) is 3. The molecule has 118 valence electrons. The van der Waals surface area contributed by atoms with Crippen LogP contribution in [-0.4, -0.2) is 73.1 Å². The summed E-state index contributed by atoms with van der Waals surface area (Å²) in [7, 11) is 2.15. The molecule has 0 aliphatic carbocycles. The lowest BCUT2D eigenvalue weighted by molar-refractivity contribution is 0.357. The lowest BCUT2D eigenvalue weighted by atomic mass is 10.1. The summed E-state index contributed by atoms with van der Waals surface area (Å²) in [4.78, 5) is 9.54. The van der Waals surface area contributed by atoms with Crippen LogP contribution in [0.5, 0.6) is 0 Å². The molecule has 1 heterocycles. The first-order valence-electron chi connectivity index (χ1n) is 7.91. The number of rotatable bonds is 6. The number of guanidine groups is 1. The average molecular weight is 301 g/mol. The summed E-state index contributed by atoms with van der Waals surface area (Å²) in [5, 5.41) is 4.18. The number of likely N-dealkylation sites (N-methyl/N-ethyl adjacent to an activating group) is 1. The number of hydrogen-bond donors (Lipinski definition) is 1. The van der Waals surface area contributed by atoms with Crippen LogP contribution in [0.25, 0.3) is 0 Å². The first-order chi connectivity index (χ1) is 9.58. The third-order valence-electron chi connectivity index (χ3n) is 3.75. The highest BCUT2D eigenvalue weighted by atomic mass is 32.2. The van der Waals surface area contributed by atoms with E-state index >= 15 is 0 Å². The van der Waals surface area contributed by atoms with E-state index in [0.29, 0.717) is 0 Å². The van der Waals surface area contributed by atoms with Gasteiger partial charge in [-0.1, -0.05) is 20.8 Å². The highest BCUT2D eigenvalue weighted by molar-refractivity contribution is 8.00. The van der Waals surface area contributed by atoms with Crippen LogP contribution < -0.4 is 5.32 Å². The molecule has 1 aliphatic heterocycles. The van der Waals surface area contributed by atoms with Crippen molar-refractivity contribution in [2.45, 2.75) is 32.9 Å². The molecule has 1 aliphatic rings. The van der Waals surface area contributed by atoms with Crippen molar-refractivity contribution in [3.05, 3.63) is 0 Å². The third-order valence-corrected chi connectivity index (χ3v) is 5.29. The Labute approximate surface area is 129 Å². The fourth-order valence-electron chi connectivity index (χ4n) is 2.18. The van der Waals surface area contributed by atoms with Gasteiger partial charge in [0.25, 0.3) is 0 Å². The second kappa shape index (κ2) is 9.50. The van der Waals surface area contributed by atoms with Gasteiger partial charge in [-0.25, -0.2) is 0 Å². The van der Waals surface area contributed by atoms with Gasteiger partial charge in [0.2, 0.25) is 0 Å². The van der Waals surface area contributed by atoms with E-state index in [9.17, 15) is 0 Å². The smallest absolute Gasteiger partial charge is 0.194 e. The third kappa shape index (κ3) is 5.92. The predicted molar refractivity (Wildman–Crippen MR) is 91.8 cm³/mol. The summed E-state index contributed by atoms with van der Waals surface area (Å²) >= 11 is 2.11. The highest BCUT2D eigenvalue weighted by Gasteiger charge is 2.24. The zero-order valence-electron chi connectivity index (χ0n) is 13.9. The molecule has 0 bridgehead atoms. The molecular weight excluding hydrogens is 268 g/mol. The Kier molecular flexibility index (Phi) is 8.38. The molecule has 0 amide bonds. The van der Waals surface area contributed by atoms with Crippen LogP contribution in [-0.2, 0) is 0 Å². The van der Waals surface area contributed by atoms with Crippen molar-refractivity contribution in [3.8, 4) is 0 Å². The zero-order valence-corrected chi connectivity index (χ0v) is 14.7. The van der Waals surface area contributed by atoms with Crippen molar-refractivity contribution in [2.24, 2.45) is 10.9 Å². The Morgan fingerprint density at radius 3 is 2.80 bits per heavy atom. The minimum absolute atomic E-state index is 0.728. The predicted octanol–water partition coefficient (Wildman–Crippen LogP) is 1.98. The SMILES string of the molecule is CCNC(=NCCN(C)CC)N1CCSC(C(C)C)C1. The van der Waals surface area contributed by atoms with Gasteiger partial charge in [-0.2, -0.15) is 11.8 Å². The van der Waals surface area contributed by atoms with Gasteiger partial charge in [-0.15, -0.1) is 0 Å². The minimum atomic E-state index is 0.728. The van der Waals surface area contributed by atoms with Crippen LogP contribution in [0.3, 0.4) is 0 Å². The standard InChI is InChI=1S/C15H32N4S/c1-6-16-15(17-8-9-18(5)7-2)19-10-11-20-14(12-19)13(3)4/h13-14H,6-12H2,1-5H3,(H,16,17). The number of nitrogens with zero attached hydrogens (tertiary/aromatic N) is 3. The van der Waals surface area contributed by atoms with Crippen molar-refractivity contribution < 1.29 is 0 Å². The second-order valence-electron chi connectivity index (χ2n) is 5.73. The number of thioether (sulfide) groups is 1. The van der Waals surface area contributed by atoms with Crippen molar-refractivity contribution >= 4 is 17.7 Å². The summed E-state index contributed by atoms with van der Waals surface area (Å²) in [5.74, 6) is 3.04. The monoisotopic (exact) mass is 300 g/mol. The fraction of sp³-hybridized carbons (Fsp3) is 0.933. The Morgan fingerprint density at radius 2 is 2.20 bits per heavy atom. The Bertz CT molecular complexity index is 294. The molecule has 0 aromatic carbocycles. The summed E-state index contributed by atoms with van der Waals surface area (Å²) in [6, 6.07) is 0. The largest absolute Gasteiger partial charge is 0.357 e. The first kappa shape index (κ1) is 17.6. The molecule has 20 heavy (non-hydrogen) atoms. The number of aliphatic imine (C=N–C) groups is 1. The Hall–Kier alpha value is -0.420. The van der Waals surface area contributed by atoms with Gasteiger partial charge in [-0.05, 0) is 26.4 Å². The van der Waals surface area contributed by atoms with Gasteiger partial charge in [0, 0.05) is 37.2 Å². The van der Waals surface area contributed by atoms with Crippen LogP contribution in [0, 0.1) is 5.92 Å². The first-order valence-corrected chi connectivity index (χ1v) is 8.96. The molecule has 0 saturated carbocycles. The van der Waals surface area contributed by atoms with Crippen molar-refractivity contribution in [3.63, 3.8) is 0 Å². The molecule has 0 radical (unpaired) electrons. The molecule has 1 unspecified atom stereocenters. The van der Waals surface area contributed by atoms with E-state index < -0.39 is 0 Å². The van der Waals surface area contributed by atoms with Crippen molar-refractivity contribution in [2.75, 3.05) is 52.1 Å². The normalized spacial score (nSPS) is 20.9. The molecule has 1 fully saturated rings. The Morgan fingerprint density at radius 1 is 1.45 bits per heavy atom. The average Bonchev–Trinajstić information content (AvgIpc) is 2.46. The van der Waals surface area contributed by atoms with Gasteiger partial charge in [0.1, 0.15) is 0 Å². The van der Waals surface area contributed by atoms with Crippen LogP contribution in [0.15, 0.2) is 4.99 Å². The molecule has 1 rings (SSSR count). The van der Waals surface area contributed by atoms with Crippen LogP contribution >= 0.6 is 11.8 Å². The molecule has 0 aromatic rings. The van der Waals surface area contributed by atoms with Gasteiger partial charge >= 0.3 is 0 Å². The lowest BCUT2D eigenvalue weighted by Crippen LogP contribution is -2.49. The second-order valence-corrected chi connectivity index (χ2v) is 7.08. The van der Waals surface area contributed by atoms with E-state index in [1.165, 1.54) is 5.75 Å². The summed E-state index contributed by atoms with van der Waals surface area (Å²) in [6.07, 6.45) is 0. The molecule has 0 spiro atoms. The van der Waals surface area contributed by atoms with E-state index in [4.69, 9.17) is 4.99 Å². The molecule has 5 heteroatoms. The quantitative estimate of drug-likeness (QED) is 0.600. The van der Waals surface area contributed by atoms with Crippen LogP contribution in [0.2, 0.25) is 0 Å². The van der Waals surface area contributed by atoms with Gasteiger partial charge in [-0.3, -0.25) is 4.99 Å². The maximum Gasteiger partial charge on any atom is 0.194 e. The fourth-order valence-corrected chi connectivity index (χ4v) is 3.48. The molecule has 1 N–H and O–H groups in total. The maximum atomic E-state index is 4.80. The van der Waals surface area contributed by atoms with E-state index in [2.05, 4.69) is 61.6 Å². The van der Waals surface area contributed by atoms with Gasteiger partial charge < -0.3 is 15.1 Å². The van der Waals surface area contributed by atoms with Crippen LogP contribution in [0.4, 0.5) is 0 Å². The van der Waals surface area contributed by atoms with E-state index in [1.54, 1.807) is 0 Å². The molecular formula is C15H32N4S. The highest BCUT2D eigenvalue weighted by Crippen LogP contribution is 2.24. The molecule has 1 atom stereocenters. The summed E-state index contributed by atoms with van der Waals surface area (Å²) in [6.45, 7) is 15.1. The summed E-state index contributed by atoms with van der Waals surface area (Å²) < 4.78 is 0. The topological polar surface area (TPSA) is 30.9 Å². The van der Waals surface area contributed by atoms with Crippen LogP contribution in [0.1, 0.15) is 27.7 Å². The molecule has 1 saturated heterocycles. The van der Waals surface area contributed by atoms with Crippen molar-refractivity contribution in [1.82, 2.24) is 15.1 Å². The maximum absolute atomic E-state index is 4.80.